The summed E-state index contributed by atoms with van der Waals surface area (Å²) in [6.45, 7) is 5.67. The molecule has 3 unspecified atom stereocenters. The lowest BCUT2D eigenvalue weighted by molar-refractivity contribution is -0.125. The Morgan fingerprint density at radius 1 is 1.50 bits per heavy atom. The molecular weight excluding hydrogens is 204 g/mol. The van der Waals surface area contributed by atoms with E-state index in [1.54, 1.807) is 7.11 Å². The van der Waals surface area contributed by atoms with Gasteiger partial charge in [-0.3, -0.25) is 4.79 Å². The smallest absolute Gasteiger partial charge is 0.224 e. The Morgan fingerprint density at radius 3 is 2.81 bits per heavy atom. The van der Waals surface area contributed by atoms with E-state index in [1.807, 2.05) is 13.8 Å². The molecule has 0 bridgehead atoms. The summed E-state index contributed by atoms with van der Waals surface area (Å²) in [4.78, 5) is 11.8. The van der Waals surface area contributed by atoms with E-state index in [2.05, 4.69) is 10.6 Å². The molecule has 1 rings (SSSR count). The number of carbonyl (C=O) groups is 1. The fourth-order valence-electron chi connectivity index (χ4n) is 2.08. The number of methoxy groups -OCH3 is 1. The van der Waals surface area contributed by atoms with Crippen molar-refractivity contribution in [1.29, 1.82) is 0 Å². The largest absolute Gasteiger partial charge is 0.381 e. The molecule has 0 aromatic heterocycles. The van der Waals surface area contributed by atoms with E-state index in [1.165, 1.54) is 0 Å². The minimum Gasteiger partial charge on any atom is -0.381 e. The molecule has 16 heavy (non-hydrogen) atoms. The lowest BCUT2D eigenvalue weighted by atomic mass is 10.1. The summed E-state index contributed by atoms with van der Waals surface area (Å²) in [7, 11) is 1.74. The van der Waals surface area contributed by atoms with Gasteiger partial charge in [0.1, 0.15) is 0 Å². The van der Waals surface area contributed by atoms with Crippen molar-refractivity contribution >= 4 is 5.91 Å². The zero-order valence-electron chi connectivity index (χ0n) is 10.6. The molecule has 0 aliphatic heterocycles. The van der Waals surface area contributed by atoms with E-state index in [-0.39, 0.29) is 11.8 Å². The van der Waals surface area contributed by atoms with Crippen molar-refractivity contribution in [3.05, 3.63) is 0 Å². The summed E-state index contributed by atoms with van der Waals surface area (Å²) < 4.78 is 5.28. The van der Waals surface area contributed by atoms with Crippen LogP contribution in [-0.2, 0) is 9.53 Å². The second-order valence-electron chi connectivity index (χ2n) is 4.59. The zero-order chi connectivity index (χ0) is 12.0. The Balaban J connectivity index is 2.23. The van der Waals surface area contributed by atoms with Gasteiger partial charge in [0.25, 0.3) is 0 Å². The zero-order valence-corrected chi connectivity index (χ0v) is 10.6. The average molecular weight is 228 g/mol. The molecule has 0 saturated heterocycles. The highest BCUT2D eigenvalue weighted by Gasteiger charge is 2.26. The maximum Gasteiger partial charge on any atom is 0.224 e. The van der Waals surface area contributed by atoms with Crippen LogP contribution in [0, 0.1) is 5.92 Å². The standard InChI is InChI=1S/C12H24N2O2/c1-4-13-8-9(2)12(15)14-10-5-6-11(7-10)16-3/h9-11,13H,4-8H2,1-3H3,(H,14,15). The summed E-state index contributed by atoms with van der Waals surface area (Å²) in [5.41, 5.74) is 0. The van der Waals surface area contributed by atoms with Crippen LogP contribution < -0.4 is 10.6 Å². The number of nitrogens with one attached hydrogen (secondary N) is 2. The van der Waals surface area contributed by atoms with Gasteiger partial charge in [0, 0.05) is 25.6 Å². The molecule has 1 saturated carbocycles. The van der Waals surface area contributed by atoms with E-state index in [0.717, 1.165) is 32.4 Å². The van der Waals surface area contributed by atoms with Crippen LogP contribution in [0.4, 0.5) is 0 Å². The van der Waals surface area contributed by atoms with Gasteiger partial charge in [-0.1, -0.05) is 13.8 Å². The fraction of sp³-hybridized carbons (Fsp3) is 0.917. The van der Waals surface area contributed by atoms with Gasteiger partial charge in [-0.2, -0.15) is 0 Å². The van der Waals surface area contributed by atoms with Crippen LogP contribution in [0.1, 0.15) is 33.1 Å². The van der Waals surface area contributed by atoms with Gasteiger partial charge in [-0.15, -0.1) is 0 Å². The maximum absolute atomic E-state index is 11.8. The average Bonchev–Trinajstić information content (AvgIpc) is 2.73. The number of hydrogen-bond donors (Lipinski definition) is 2. The third-order valence-electron chi connectivity index (χ3n) is 3.21. The molecule has 3 atom stereocenters. The molecule has 94 valence electrons. The fourth-order valence-corrected chi connectivity index (χ4v) is 2.08. The highest BCUT2D eigenvalue weighted by atomic mass is 16.5. The number of hydrogen-bond acceptors (Lipinski definition) is 3. The van der Waals surface area contributed by atoms with Crippen molar-refractivity contribution in [2.24, 2.45) is 5.92 Å². The molecule has 1 aliphatic rings. The molecule has 4 heteroatoms. The quantitative estimate of drug-likeness (QED) is 0.710. The van der Waals surface area contributed by atoms with Crippen molar-refractivity contribution in [2.45, 2.75) is 45.3 Å². The number of ether oxygens (including phenoxy) is 1. The lowest BCUT2D eigenvalue weighted by Crippen LogP contribution is -2.40. The first-order valence-electron chi connectivity index (χ1n) is 6.21. The Morgan fingerprint density at radius 2 is 2.25 bits per heavy atom. The predicted molar refractivity (Wildman–Crippen MR) is 64.3 cm³/mol. The van der Waals surface area contributed by atoms with Gasteiger partial charge in [-0.05, 0) is 25.8 Å². The molecule has 1 amide bonds. The minimum absolute atomic E-state index is 0.0431. The van der Waals surface area contributed by atoms with Crippen LogP contribution in [0.25, 0.3) is 0 Å². The molecule has 0 heterocycles. The first kappa shape index (κ1) is 13.5. The van der Waals surface area contributed by atoms with Gasteiger partial charge in [-0.25, -0.2) is 0 Å². The molecule has 4 nitrogen and oxygen atoms in total. The van der Waals surface area contributed by atoms with E-state index in [9.17, 15) is 4.79 Å². The van der Waals surface area contributed by atoms with Crippen molar-refractivity contribution in [2.75, 3.05) is 20.2 Å². The van der Waals surface area contributed by atoms with Crippen molar-refractivity contribution in [3.8, 4) is 0 Å². The number of rotatable bonds is 6. The number of amides is 1. The first-order chi connectivity index (χ1) is 7.67. The molecule has 0 radical (unpaired) electrons. The SMILES string of the molecule is CCNCC(C)C(=O)NC1CCC(OC)C1. The van der Waals surface area contributed by atoms with Crippen molar-refractivity contribution in [3.63, 3.8) is 0 Å². The monoisotopic (exact) mass is 228 g/mol. The minimum atomic E-state index is 0.0431. The van der Waals surface area contributed by atoms with Gasteiger partial charge >= 0.3 is 0 Å². The molecule has 0 aromatic carbocycles. The van der Waals surface area contributed by atoms with Crippen LogP contribution in [0.5, 0.6) is 0 Å². The highest BCUT2D eigenvalue weighted by molar-refractivity contribution is 5.78. The normalized spacial score (nSPS) is 26.7. The van der Waals surface area contributed by atoms with E-state index >= 15 is 0 Å². The molecule has 2 N–H and O–H groups in total. The molecule has 1 aliphatic carbocycles. The van der Waals surface area contributed by atoms with E-state index in [0.29, 0.717) is 12.1 Å². The van der Waals surface area contributed by atoms with Crippen LogP contribution in [0.15, 0.2) is 0 Å². The molecule has 0 aromatic rings. The van der Waals surface area contributed by atoms with Crippen molar-refractivity contribution in [1.82, 2.24) is 10.6 Å². The van der Waals surface area contributed by atoms with Crippen LogP contribution in [-0.4, -0.2) is 38.3 Å². The second kappa shape index (κ2) is 6.86. The third-order valence-corrected chi connectivity index (χ3v) is 3.21. The Labute approximate surface area is 98.1 Å². The van der Waals surface area contributed by atoms with Crippen molar-refractivity contribution < 1.29 is 9.53 Å². The van der Waals surface area contributed by atoms with Gasteiger partial charge in [0.05, 0.1) is 6.10 Å². The van der Waals surface area contributed by atoms with E-state index in [4.69, 9.17) is 4.74 Å². The summed E-state index contributed by atoms with van der Waals surface area (Å²) in [6, 6.07) is 0.307. The summed E-state index contributed by atoms with van der Waals surface area (Å²) in [5, 5.41) is 6.28. The van der Waals surface area contributed by atoms with Crippen LogP contribution in [0.2, 0.25) is 0 Å². The highest BCUT2D eigenvalue weighted by Crippen LogP contribution is 2.21. The Bertz CT molecular complexity index is 221. The maximum atomic E-state index is 11.8. The Kier molecular flexibility index (Phi) is 5.77. The van der Waals surface area contributed by atoms with Gasteiger partial charge in [0.15, 0.2) is 0 Å². The topological polar surface area (TPSA) is 50.4 Å². The third kappa shape index (κ3) is 4.10. The summed E-state index contributed by atoms with van der Waals surface area (Å²) in [5.74, 6) is 0.198. The predicted octanol–water partition coefficient (Wildman–Crippen LogP) is 0.916. The first-order valence-corrected chi connectivity index (χ1v) is 6.21. The van der Waals surface area contributed by atoms with E-state index < -0.39 is 0 Å². The Hall–Kier alpha value is -0.610. The summed E-state index contributed by atoms with van der Waals surface area (Å²) >= 11 is 0. The van der Waals surface area contributed by atoms with Crippen LogP contribution in [0.3, 0.4) is 0 Å². The lowest BCUT2D eigenvalue weighted by Gasteiger charge is -2.17. The second-order valence-corrected chi connectivity index (χ2v) is 4.59. The van der Waals surface area contributed by atoms with Gasteiger partial charge in [0.2, 0.25) is 5.91 Å². The van der Waals surface area contributed by atoms with Crippen LogP contribution >= 0.6 is 0 Å². The number of carbonyl (C=O) groups excluding carboxylic acids is 1. The molecule has 1 fully saturated rings. The molecular formula is C12H24N2O2. The summed E-state index contributed by atoms with van der Waals surface area (Å²) in [6.07, 6.45) is 3.38. The van der Waals surface area contributed by atoms with Gasteiger partial charge < -0.3 is 15.4 Å². The molecule has 0 spiro atoms.